The third-order valence-corrected chi connectivity index (χ3v) is 4.01. The summed E-state index contributed by atoms with van der Waals surface area (Å²) >= 11 is 6.11. The molecule has 22 heavy (non-hydrogen) atoms. The summed E-state index contributed by atoms with van der Waals surface area (Å²) in [5, 5.41) is 3.38. The number of nitrogens with one attached hydrogen (secondary N) is 1. The van der Waals surface area contributed by atoms with Gasteiger partial charge in [0.15, 0.2) is 11.5 Å². The number of hydrogen-bond acceptors (Lipinski definition) is 3. The summed E-state index contributed by atoms with van der Waals surface area (Å²) < 4.78 is 11.2. The molecule has 0 radical (unpaired) electrons. The quantitative estimate of drug-likeness (QED) is 0.934. The van der Waals surface area contributed by atoms with Crippen molar-refractivity contribution in [2.45, 2.75) is 12.3 Å². The number of carbonyl (C=O) groups excluding carboxylic acids is 1. The number of carbonyl (C=O) groups is 1. The number of rotatable bonds is 4. The molecule has 0 bridgehead atoms. The number of para-hydroxylation sites is 1. The Bertz CT molecular complexity index is 702. The molecule has 114 valence electrons. The van der Waals surface area contributed by atoms with Crippen LogP contribution in [0.5, 0.6) is 17.2 Å². The Morgan fingerprint density at radius 2 is 1.95 bits per heavy atom. The average Bonchev–Trinajstić information content (AvgIpc) is 2.96. The Morgan fingerprint density at radius 3 is 2.64 bits per heavy atom. The fourth-order valence-corrected chi connectivity index (χ4v) is 2.68. The lowest BCUT2D eigenvalue weighted by Gasteiger charge is -2.14. The second-order valence-electron chi connectivity index (χ2n) is 5.15. The minimum Gasteiger partial charge on any atom is -0.493 e. The number of halogens is 1. The summed E-state index contributed by atoms with van der Waals surface area (Å²) in [4.78, 5) is 11.3. The van der Waals surface area contributed by atoms with Crippen LogP contribution < -0.4 is 14.8 Å². The van der Waals surface area contributed by atoms with E-state index in [0.29, 0.717) is 35.2 Å². The maximum absolute atomic E-state index is 11.3. The van der Waals surface area contributed by atoms with Gasteiger partial charge in [-0.1, -0.05) is 29.8 Å². The van der Waals surface area contributed by atoms with Crippen molar-refractivity contribution < 1.29 is 14.3 Å². The lowest BCUT2D eigenvalue weighted by molar-refractivity contribution is -0.119. The molecule has 1 aliphatic heterocycles. The van der Waals surface area contributed by atoms with E-state index >= 15 is 0 Å². The van der Waals surface area contributed by atoms with Gasteiger partial charge >= 0.3 is 0 Å². The summed E-state index contributed by atoms with van der Waals surface area (Å²) in [5.41, 5.74) is 1.06. The van der Waals surface area contributed by atoms with E-state index in [1.165, 1.54) is 0 Å². The van der Waals surface area contributed by atoms with Gasteiger partial charge in [-0.05, 0) is 29.8 Å². The van der Waals surface area contributed by atoms with Crippen LogP contribution in [-0.4, -0.2) is 19.6 Å². The van der Waals surface area contributed by atoms with Gasteiger partial charge in [0.05, 0.1) is 12.1 Å². The van der Waals surface area contributed by atoms with E-state index in [1.807, 2.05) is 30.3 Å². The van der Waals surface area contributed by atoms with Gasteiger partial charge in [-0.3, -0.25) is 4.79 Å². The summed E-state index contributed by atoms with van der Waals surface area (Å²) in [7, 11) is 1.59. The van der Waals surface area contributed by atoms with Gasteiger partial charge in [0.1, 0.15) is 5.75 Å². The molecule has 0 aliphatic carbocycles. The van der Waals surface area contributed by atoms with Gasteiger partial charge < -0.3 is 14.8 Å². The monoisotopic (exact) mass is 317 g/mol. The highest BCUT2D eigenvalue weighted by Gasteiger charge is 2.24. The normalized spacial score (nSPS) is 17.2. The number of ether oxygens (including phenoxy) is 2. The molecule has 1 fully saturated rings. The smallest absolute Gasteiger partial charge is 0.220 e. The highest BCUT2D eigenvalue weighted by molar-refractivity contribution is 6.32. The third kappa shape index (κ3) is 3.02. The molecule has 0 saturated carbocycles. The van der Waals surface area contributed by atoms with Gasteiger partial charge in [-0.15, -0.1) is 0 Å². The molecule has 3 rings (SSSR count). The van der Waals surface area contributed by atoms with Crippen LogP contribution in [0.3, 0.4) is 0 Å². The van der Waals surface area contributed by atoms with E-state index in [0.717, 1.165) is 5.56 Å². The van der Waals surface area contributed by atoms with E-state index < -0.39 is 0 Å². The van der Waals surface area contributed by atoms with Crippen molar-refractivity contribution in [3.63, 3.8) is 0 Å². The Hall–Kier alpha value is -2.20. The first kappa shape index (κ1) is 14.7. The molecular formula is C17H16ClNO3. The first-order valence-corrected chi connectivity index (χ1v) is 7.42. The van der Waals surface area contributed by atoms with Crippen LogP contribution in [0.25, 0.3) is 0 Å². The van der Waals surface area contributed by atoms with Crippen molar-refractivity contribution in [1.82, 2.24) is 5.32 Å². The fraction of sp³-hybridized carbons (Fsp3) is 0.235. The molecular weight excluding hydrogens is 302 g/mol. The van der Waals surface area contributed by atoms with Gasteiger partial charge in [0.2, 0.25) is 5.91 Å². The third-order valence-electron chi connectivity index (χ3n) is 3.69. The summed E-state index contributed by atoms with van der Waals surface area (Å²) in [5.74, 6) is 2.05. The lowest BCUT2D eigenvalue weighted by Crippen LogP contribution is -2.13. The predicted octanol–water partition coefficient (Wildman–Crippen LogP) is 3.74. The SMILES string of the molecule is COc1cc(C2CNC(=O)C2)ccc1Oc1ccccc1Cl. The zero-order valence-electron chi connectivity index (χ0n) is 12.1. The van der Waals surface area contributed by atoms with Gasteiger partial charge in [-0.25, -0.2) is 0 Å². The molecule has 4 nitrogen and oxygen atoms in total. The Labute approximate surface area is 134 Å². The van der Waals surface area contributed by atoms with E-state index in [9.17, 15) is 4.79 Å². The summed E-state index contributed by atoms with van der Waals surface area (Å²) in [6, 6.07) is 13.0. The summed E-state index contributed by atoms with van der Waals surface area (Å²) in [6.45, 7) is 0.659. The minimum absolute atomic E-state index is 0.0837. The van der Waals surface area contributed by atoms with E-state index in [4.69, 9.17) is 21.1 Å². The lowest BCUT2D eigenvalue weighted by atomic mass is 9.98. The molecule has 5 heteroatoms. The number of amides is 1. The molecule has 2 aromatic rings. The van der Waals surface area contributed by atoms with E-state index in [2.05, 4.69) is 5.32 Å². The molecule has 2 aromatic carbocycles. The van der Waals surface area contributed by atoms with Crippen molar-refractivity contribution >= 4 is 17.5 Å². The number of methoxy groups -OCH3 is 1. The molecule has 1 unspecified atom stereocenters. The molecule has 1 atom stereocenters. The maximum Gasteiger partial charge on any atom is 0.220 e. The Morgan fingerprint density at radius 1 is 1.14 bits per heavy atom. The molecule has 1 N–H and O–H groups in total. The first-order chi connectivity index (χ1) is 10.7. The first-order valence-electron chi connectivity index (χ1n) is 7.04. The predicted molar refractivity (Wildman–Crippen MR) is 84.9 cm³/mol. The Balaban J connectivity index is 1.86. The van der Waals surface area contributed by atoms with Crippen LogP contribution in [0.15, 0.2) is 42.5 Å². The van der Waals surface area contributed by atoms with Crippen molar-refractivity contribution in [1.29, 1.82) is 0 Å². The maximum atomic E-state index is 11.3. The summed E-state index contributed by atoms with van der Waals surface area (Å²) in [6.07, 6.45) is 0.508. The largest absolute Gasteiger partial charge is 0.493 e. The highest BCUT2D eigenvalue weighted by atomic mass is 35.5. The van der Waals surface area contributed by atoms with Crippen LogP contribution in [0.1, 0.15) is 17.9 Å². The number of hydrogen-bond donors (Lipinski definition) is 1. The second-order valence-corrected chi connectivity index (χ2v) is 5.56. The van der Waals surface area contributed by atoms with Crippen molar-refractivity contribution in [3.05, 3.63) is 53.1 Å². The zero-order chi connectivity index (χ0) is 15.5. The van der Waals surface area contributed by atoms with Crippen molar-refractivity contribution in [3.8, 4) is 17.2 Å². The van der Waals surface area contributed by atoms with Gasteiger partial charge in [0.25, 0.3) is 0 Å². The van der Waals surface area contributed by atoms with Crippen LogP contribution in [0, 0.1) is 0 Å². The standard InChI is InChI=1S/C17H16ClNO3/c1-21-16-8-11(12-9-17(20)19-10-12)6-7-15(16)22-14-5-3-2-4-13(14)18/h2-8,12H,9-10H2,1H3,(H,19,20). The van der Waals surface area contributed by atoms with Crippen LogP contribution >= 0.6 is 11.6 Å². The molecule has 0 aromatic heterocycles. The highest BCUT2D eigenvalue weighted by Crippen LogP contribution is 2.37. The topological polar surface area (TPSA) is 47.6 Å². The van der Waals surface area contributed by atoms with E-state index in [-0.39, 0.29) is 11.8 Å². The average molecular weight is 318 g/mol. The Kier molecular flexibility index (Phi) is 4.20. The van der Waals surface area contributed by atoms with E-state index in [1.54, 1.807) is 19.2 Å². The van der Waals surface area contributed by atoms with Crippen LogP contribution in [0.4, 0.5) is 0 Å². The zero-order valence-corrected chi connectivity index (χ0v) is 12.9. The number of benzene rings is 2. The van der Waals surface area contributed by atoms with Gasteiger partial charge in [0, 0.05) is 18.9 Å². The van der Waals surface area contributed by atoms with Crippen molar-refractivity contribution in [2.24, 2.45) is 0 Å². The minimum atomic E-state index is 0.0837. The van der Waals surface area contributed by atoms with Crippen LogP contribution in [-0.2, 0) is 4.79 Å². The van der Waals surface area contributed by atoms with Gasteiger partial charge in [-0.2, -0.15) is 0 Å². The fourth-order valence-electron chi connectivity index (χ4n) is 2.51. The molecule has 1 saturated heterocycles. The second kappa shape index (κ2) is 6.28. The molecule has 0 spiro atoms. The van der Waals surface area contributed by atoms with Crippen molar-refractivity contribution in [2.75, 3.05) is 13.7 Å². The van der Waals surface area contributed by atoms with Crippen LogP contribution in [0.2, 0.25) is 5.02 Å². The molecule has 1 heterocycles. The molecule has 1 aliphatic rings. The molecule has 1 amide bonds.